The van der Waals surface area contributed by atoms with Crippen LogP contribution in [0.1, 0.15) is 27.2 Å². The Labute approximate surface area is 185 Å². The molecule has 0 bridgehead atoms. The number of hydrogen-bond donors (Lipinski definition) is 1. The van der Waals surface area contributed by atoms with E-state index in [2.05, 4.69) is 5.32 Å². The van der Waals surface area contributed by atoms with Gasteiger partial charge in [0.1, 0.15) is 0 Å². The smallest absolute Gasteiger partial charge is 0.268 e. The first-order valence-electron chi connectivity index (χ1n) is 10.1. The van der Waals surface area contributed by atoms with Crippen molar-refractivity contribution in [2.45, 2.75) is 19.3 Å². The van der Waals surface area contributed by atoms with Gasteiger partial charge in [-0.2, -0.15) is 0 Å². The average molecular weight is 437 g/mol. The first-order valence-corrected chi connectivity index (χ1v) is 11.0. The normalized spacial score (nSPS) is 12.8. The molecule has 4 rings (SSSR count). The molecule has 2 amide bonds. The Morgan fingerprint density at radius 1 is 1.06 bits per heavy atom. The van der Waals surface area contributed by atoms with Crippen LogP contribution in [0.5, 0.6) is 11.5 Å². The highest BCUT2D eigenvalue weighted by molar-refractivity contribution is 7.12. The number of aryl methyl sites for hydroxylation is 1. The summed E-state index contributed by atoms with van der Waals surface area (Å²) in [4.78, 5) is 28.1. The average Bonchev–Trinajstić information content (AvgIpc) is 3.33. The van der Waals surface area contributed by atoms with E-state index in [1.807, 2.05) is 46.7 Å². The summed E-state index contributed by atoms with van der Waals surface area (Å²) in [6.45, 7) is 0.673. The molecule has 0 spiro atoms. The molecule has 6 nitrogen and oxygen atoms in total. The summed E-state index contributed by atoms with van der Waals surface area (Å²) in [5.74, 6) is 1.07. The Hall–Kier alpha value is -3.32. The minimum absolute atomic E-state index is 0.00440. The monoisotopic (exact) mass is 436 g/mol. The van der Waals surface area contributed by atoms with Gasteiger partial charge in [0.05, 0.1) is 25.5 Å². The zero-order valence-electron chi connectivity index (χ0n) is 17.5. The van der Waals surface area contributed by atoms with E-state index in [1.165, 1.54) is 11.3 Å². The molecule has 0 atom stereocenters. The summed E-state index contributed by atoms with van der Waals surface area (Å²) in [6, 6.07) is 14.9. The topological polar surface area (TPSA) is 67.9 Å². The third-order valence-corrected chi connectivity index (χ3v) is 6.14. The van der Waals surface area contributed by atoms with Crippen molar-refractivity contribution in [3.05, 3.63) is 69.9 Å². The molecular formula is C24H24N2O4S. The summed E-state index contributed by atoms with van der Waals surface area (Å²) in [5, 5.41) is 4.86. The van der Waals surface area contributed by atoms with Gasteiger partial charge in [-0.05, 0) is 59.7 Å². The molecule has 1 aliphatic rings. The van der Waals surface area contributed by atoms with Gasteiger partial charge in [-0.3, -0.25) is 9.59 Å². The fourth-order valence-corrected chi connectivity index (χ4v) is 4.45. The highest BCUT2D eigenvalue weighted by Crippen LogP contribution is 2.32. The number of fused-ring (bicyclic) bond motifs is 1. The van der Waals surface area contributed by atoms with Crippen molar-refractivity contribution >= 4 is 34.5 Å². The number of anilines is 2. The Kier molecular flexibility index (Phi) is 6.23. The second-order valence-corrected chi connectivity index (χ2v) is 8.24. The molecule has 0 fully saturated rings. The van der Waals surface area contributed by atoms with Gasteiger partial charge in [-0.15, -0.1) is 11.3 Å². The number of benzene rings is 2. The highest BCUT2D eigenvalue weighted by atomic mass is 32.1. The number of thiophene rings is 1. The molecule has 3 aromatic rings. The van der Waals surface area contributed by atoms with Gasteiger partial charge in [0.2, 0.25) is 5.91 Å². The molecule has 0 aliphatic carbocycles. The largest absolute Gasteiger partial charge is 0.493 e. The molecule has 7 heteroatoms. The number of ether oxygens (including phenoxy) is 2. The molecule has 160 valence electrons. The molecule has 1 aromatic heterocycles. The van der Waals surface area contributed by atoms with Crippen LogP contribution in [-0.2, 0) is 17.6 Å². The summed E-state index contributed by atoms with van der Waals surface area (Å²) < 4.78 is 10.6. The Balaban J connectivity index is 1.50. The van der Waals surface area contributed by atoms with E-state index in [-0.39, 0.29) is 18.2 Å². The predicted octanol–water partition coefficient (Wildman–Crippen LogP) is 4.54. The number of methoxy groups -OCH3 is 2. The maximum atomic E-state index is 12.9. The lowest BCUT2D eigenvalue weighted by atomic mass is 10.0. The van der Waals surface area contributed by atoms with E-state index in [9.17, 15) is 9.59 Å². The molecule has 0 radical (unpaired) electrons. The standard InChI is InChI=1S/C24H24N2O4S/c1-29-20-10-7-16(13-21(20)30-2)14-23(27)25-18-9-8-17-5-3-11-26(19(17)15-18)24(28)22-6-4-12-31-22/h4,6-10,12-13,15H,3,5,11,14H2,1-2H3,(H,25,27). The van der Waals surface area contributed by atoms with Crippen LogP contribution in [0.2, 0.25) is 0 Å². The van der Waals surface area contributed by atoms with Crippen LogP contribution in [0.15, 0.2) is 53.9 Å². The Morgan fingerprint density at radius 2 is 1.90 bits per heavy atom. The lowest BCUT2D eigenvalue weighted by molar-refractivity contribution is -0.115. The van der Waals surface area contributed by atoms with Crippen molar-refractivity contribution in [2.24, 2.45) is 0 Å². The van der Waals surface area contributed by atoms with Crippen LogP contribution < -0.4 is 19.7 Å². The molecule has 0 saturated carbocycles. The van der Waals surface area contributed by atoms with Crippen molar-refractivity contribution in [3.63, 3.8) is 0 Å². The van der Waals surface area contributed by atoms with Crippen LogP contribution in [0.25, 0.3) is 0 Å². The third kappa shape index (κ3) is 4.56. The lowest BCUT2D eigenvalue weighted by Crippen LogP contribution is -2.35. The van der Waals surface area contributed by atoms with Crippen LogP contribution in [0, 0.1) is 0 Å². The fraction of sp³-hybridized carbons (Fsp3) is 0.250. The molecule has 1 aliphatic heterocycles. The third-order valence-electron chi connectivity index (χ3n) is 5.28. The Bertz CT molecular complexity index is 1090. The van der Waals surface area contributed by atoms with Gasteiger partial charge >= 0.3 is 0 Å². The number of hydrogen-bond acceptors (Lipinski definition) is 5. The van der Waals surface area contributed by atoms with Crippen LogP contribution in [0.3, 0.4) is 0 Å². The van der Waals surface area contributed by atoms with Crippen LogP contribution in [-0.4, -0.2) is 32.6 Å². The van der Waals surface area contributed by atoms with Gasteiger partial charge in [0.15, 0.2) is 11.5 Å². The van der Waals surface area contributed by atoms with Crippen LogP contribution in [0.4, 0.5) is 11.4 Å². The highest BCUT2D eigenvalue weighted by Gasteiger charge is 2.24. The molecule has 1 N–H and O–H groups in total. The van der Waals surface area contributed by atoms with Crippen molar-refractivity contribution in [1.82, 2.24) is 0 Å². The number of carbonyl (C=O) groups is 2. The molecule has 31 heavy (non-hydrogen) atoms. The quantitative estimate of drug-likeness (QED) is 0.616. The predicted molar refractivity (Wildman–Crippen MR) is 123 cm³/mol. The number of nitrogens with zero attached hydrogens (tertiary/aromatic N) is 1. The zero-order valence-corrected chi connectivity index (χ0v) is 18.3. The van der Waals surface area contributed by atoms with E-state index >= 15 is 0 Å². The van der Waals surface area contributed by atoms with Gasteiger partial charge < -0.3 is 19.7 Å². The fourth-order valence-electron chi connectivity index (χ4n) is 3.78. The summed E-state index contributed by atoms with van der Waals surface area (Å²) in [6.07, 6.45) is 2.05. The number of carbonyl (C=O) groups excluding carboxylic acids is 2. The van der Waals surface area contributed by atoms with E-state index in [1.54, 1.807) is 26.4 Å². The van der Waals surface area contributed by atoms with E-state index in [0.29, 0.717) is 23.7 Å². The summed E-state index contributed by atoms with van der Waals surface area (Å²) in [7, 11) is 3.14. The first kappa shape index (κ1) is 20.9. The van der Waals surface area contributed by atoms with Crippen molar-refractivity contribution < 1.29 is 19.1 Å². The maximum Gasteiger partial charge on any atom is 0.268 e. The SMILES string of the molecule is COc1ccc(CC(=O)Nc2ccc3c(c2)N(C(=O)c2cccs2)CCC3)cc1OC. The summed E-state index contributed by atoms with van der Waals surface area (Å²) >= 11 is 1.44. The minimum Gasteiger partial charge on any atom is -0.493 e. The number of nitrogens with one attached hydrogen (secondary N) is 1. The van der Waals surface area contributed by atoms with Crippen LogP contribution >= 0.6 is 11.3 Å². The van der Waals surface area contributed by atoms with Gasteiger partial charge in [0, 0.05) is 17.9 Å². The molecule has 0 saturated heterocycles. The van der Waals surface area contributed by atoms with E-state index < -0.39 is 0 Å². The molecule has 0 unspecified atom stereocenters. The molecule has 2 aromatic carbocycles. The summed E-state index contributed by atoms with van der Waals surface area (Å²) in [5.41, 5.74) is 3.49. The van der Waals surface area contributed by atoms with Gasteiger partial charge in [0.25, 0.3) is 5.91 Å². The van der Waals surface area contributed by atoms with Crippen molar-refractivity contribution in [3.8, 4) is 11.5 Å². The lowest BCUT2D eigenvalue weighted by Gasteiger charge is -2.29. The van der Waals surface area contributed by atoms with Crippen molar-refractivity contribution in [1.29, 1.82) is 0 Å². The van der Waals surface area contributed by atoms with E-state index in [4.69, 9.17) is 9.47 Å². The zero-order chi connectivity index (χ0) is 21.8. The molecule has 2 heterocycles. The second kappa shape index (κ2) is 9.22. The maximum absolute atomic E-state index is 12.9. The van der Waals surface area contributed by atoms with Crippen molar-refractivity contribution in [2.75, 3.05) is 31.0 Å². The van der Waals surface area contributed by atoms with Gasteiger partial charge in [-0.1, -0.05) is 18.2 Å². The molecular weight excluding hydrogens is 412 g/mol. The second-order valence-electron chi connectivity index (χ2n) is 7.30. The number of amides is 2. The van der Waals surface area contributed by atoms with E-state index in [0.717, 1.165) is 34.5 Å². The number of rotatable bonds is 6. The minimum atomic E-state index is -0.140. The van der Waals surface area contributed by atoms with Gasteiger partial charge in [-0.25, -0.2) is 0 Å². The Morgan fingerprint density at radius 3 is 2.65 bits per heavy atom. The first-order chi connectivity index (χ1) is 15.1.